The Kier molecular flexibility index (Phi) is 10.9. The van der Waals surface area contributed by atoms with Crippen molar-refractivity contribution in [3.8, 4) is 0 Å². The van der Waals surface area contributed by atoms with E-state index in [1.165, 1.54) is 5.56 Å². The van der Waals surface area contributed by atoms with E-state index in [0.29, 0.717) is 19.8 Å². The fraction of sp³-hybridized carbons (Fsp3) is 0.375. The van der Waals surface area contributed by atoms with Crippen molar-refractivity contribution in [3.05, 3.63) is 54.8 Å². The smallest absolute Gasteiger partial charge is 0.371 e. The molecule has 0 fully saturated rings. The minimum Gasteiger partial charge on any atom is -0.371 e. The normalized spacial score (nSPS) is 10.3. The summed E-state index contributed by atoms with van der Waals surface area (Å²) < 4.78 is 16.3. The van der Waals surface area contributed by atoms with Gasteiger partial charge in [-0.1, -0.05) is 49.6 Å². The Labute approximate surface area is 124 Å². The molecule has 0 saturated carbocycles. The van der Waals surface area contributed by atoms with Crippen molar-refractivity contribution in [1.82, 2.24) is 0 Å². The molecule has 20 heavy (non-hydrogen) atoms. The van der Waals surface area contributed by atoms with E-state index in [2.05, 4.69) is 13.2 Å². The van der Waals surface area contributed by atoms with E-state index in [4.69, 9.17) is 13.3 Å². The molecule has 0 unspecified atom stereocenters. The van der Waals surface area contributed by atoms with Crippen LogP contribution in [0.2, 0.25) is 0 Å². The Balaban J connectivity index is 0.000000388. The molecule has 4 heteroatoms. The Morgan fingerprint density at radius 3 is 1.60 bits per heavy atom. The van der Waals surface area contributed by atoms with Gasteiger partial charge in [0.15, 0.2) is 0 Å². The molecule has 1 aromatic rings. The predicted octanol–water partition coefficient (Wildman–Crippen LogP) is 4.09. The minimum atomic E-state index is -2.51. The molecule has 0 saturated heterocycles. The maximum absolute atomic E-state index is 5.44. The van der Waals surface area contributed by atoms with Crippen LogP contribution in [0, 0.1) is 0 Å². The second-order valence-electron chi connectivity index (χ2n) is 3.72. The molecule has 0 aliphatic rings. The van der Waals surface area contributed by atoms with Crippen molar-refractivity contribution in [3.63, 3.8) is 0 Å². The lowest BCUT2D eigenvalue weighted by atomic mass is 10.2. The fourth-order valence-corrected chi connectivity index (χ4v) is 3.31. The van der Waals surface area contributed by atoms with Crippen molar-refractivity contribution in [2.75, 3.05) is 19.8 Å². The highest BCUT2D eigenvalue weighted by atomic mass is 28.4. The zero-order valence-corrected chi connectivity index (χ0v) is 13.8. The molecule has 0 atom stereocenters. The van der Waals surface area contributed by atoms with E-state index in [9.17, 15) is 0 Å². The van der Waals surface area contributed by atoms with Crippen LogP contribution in [0.15, 0.2) is 49.2 Å². The molecule has 0 aromatic heterocycles. The summed E-state index contributed by atoms with van der Waals surface area (Å²) in [6.45, 7) is 14.9. The van der Waals surface area contributed by atoms with E-state index >= 15 is 0 Å². The summed E-state index contributed by atoms with van der Waals surface area (Å²) in [6, 6.07) is 10.0. The van der Waals surface area contributed by atoms with Crippen molar-refractivity contribution in [2.24, 2.45) is 0 Å². The number of benzene rings is 1. The number of rotatable bonds is 8. The molecule has 112 valence electrons. The van der Waals surface area contributed by atoms with Crippen LogP contribution in [0.5, 0.6) is 0 Å². The van der Waals surface area contributed by atoms with Gasteiger partial charge in [-0.15, -0.1) is 0 Å². The van der Waals surface area contributed by atoms with Crippen LogP contribution >= 0.6 is 0 Å². The molecule has 0 amide bonds. The van der Waals surface area contributed by atoms with Gasteiger partial charge in [-0.05, 0) is 32.0 Å². The maximum Gasteiger partial charge on any atom is 0.528 e. The minimum absolute atomic E-state index is 0.595. The van der Waals surface area contributed by atoms with Gasteiger partial charge in [-0.3, -0.25) is 0 Å². The lowest BCUT2D eigenvalue weighted by Crippen LogP contribution is -2.44. The van der Waals surface area contributed by atoms with Gasteiger partial charge in [-0.25, -0.2) is 0 Å². The summed E-state index contributed by atoms with van der Waals surface area (Å²) in [5, 5.41) is 0. The zero-order valence-electron chi connectivity index (χ0n) is 12.8. The van der Waals surface area contributed by atoms with Gasteiger partial charge in [0.25, 0.3) is 0 Å². The van der Waals surface area contributed by atoms with E-state index in [1.807, 2.05) is 57.2 Å². The second-order valence-corrected chi connectivity index (χ2v) is 6.20. The third-order valence-corrected chi connectivity index (χ3v) is 4.89. The van der Waals surface area contributed by atoms with Crippen molar-refractivity contribution in [2.45, 2.75) is 20.8 Å². The summed E-state index contributed by atoms with van der Waals surface area (Å²) in [5.74, 6) is 0. The first kappa shape index (κ1) is 18.8. The SMILES string of the molecule is C=C[Si](OCC)(OCC)OCC.C=Cc1ccccc1. The Morgan fingerprint density at radius 1 is 0.900 bits per heavy atom. The fourth-order valence-electron chi connectivity index (χ4n) is 1.49. The third kappa shape index (κ3) is 7.40. The molecule has 0 aliphatic heterocycles. The predicted molar refractivity (Wildman–Crippen MR) is 87.4 cm³/mol. The van der Waals surface area contributed by atoms with Crippen LogP contribution in [0.25, 0.3) is 6.08 Å². The van der Waals surface area contributed by atoms with Crippen LogP contribution < -0.4 is 0 Å². The monoisotopic (exact) mass is 294 g/mol. The molecule has 1 aromatic carbocycles. The molecule has 0 radical (unpaired) electrons. The van der Waals surface area contributed by atoms with Crippen molar-refractivity contribution < 1.29 is 13.3 Å². The quantitative estimate of drug-likeness (QED) is 0.676. The van der Waals surface area contributed by atoms with Gasteiger partial charge in [0.2, 0.25) is 0 Å². The number of hydrogen-bond donors (Lipinski definition) is 0. The van der Waals surface area contributed by atoms with Crippen LogP contribution in [-0.4, -0.2) is 28.6 Å². The molecular weight excluding hydrogens is 268 g/mol. The first-order chi connectivity index (χ1) is 9.67. The summed E-state index contributed by atoms with van der Waals surface area (Å²) >= 11 is 0. The Hall–Kier alpha value is -1.20. The van der Waals surface area contributed by atoms with Crippen molar-refractivity contribution >= 4 is 14.9 Å². The van der Waals surface area contributed by atoms with Crippen LogP contribution in [-0.2, 0) is 13.3 Å². The molecule has 3 nitrogen and oxygen atoms in total. The van der Waals surface area contributed by atoms with Gasteiger partial charge in [0.1, 0.15) is 0 Å². The molecule has 1 rings (SSSR count). The molecule has 0 N–H and O–H groups in total. The Morgan fingerprint density at radius 2 is 1.35 bits per heavy atom. The molecule has 0 spiro atoms. The molecule has 0 aliphatic carbocycles. The highest BCUT2D eigenvalue weighted by Gasteiger charge is 2.36. The van der Waals surface area contributed by atoms with Gasteiger partial charge in [0, 0.05) is 19.8 Å². The van der Waals surface area contributed by atoms with Gasteiger partial charge in [0.05, 0.1) is 0 Å². The molecular formula is C16H26O3Si. The first-order valence-corrected chi connectivity index (χ1v) is 8.71. The highest BCUT2D eigenvalue weighted by molar-refractivity contribution is 6.66. The van der Waals surface area contributed by atoms with Crippen LogP contribution in [0.3, 0.4) is 0 Å². The average Bonchev–Trinajstić information content (AvgIpc) is 2.49. The summed E-state index contributed by atoms with van der Waals surface area (Å²) in [5.41, 5.74) is 2.84. The van der Waals surface area contributed by atoms with Gasteiger partial charge < -0.3 is 13.3 Å². The zero-order chi connectivity index (χ0) is 15.3. The van der Waals surface area contributed by atoms with E-state index in [1.54, 1.807) is 5.70 Å². The largest absolute Gasteiger partial charge is 0.528 e. The van der Waals surface area contributed by atoms with Gasteiger partial charge >= 0.3 is 8.80 Å². The van der Waals surface area contributed by atoms with Crippen LogP contribution in [0.1, 0.15) is 26.3 Å². The standard InChI is InChI=1S/C8H18O3Si.C8H8/c1-5-9-12(8-4,10-6-2)11-7-3;1-2-8-6-4-3-5-7-8/h8H,4-7H2,1-3H3;2-7H,1H2. The number of hydrogen-bond acceptors (Lipinski definition) is 3. The lowest BCUT2D eigenvalue weighted by molar-refractivity contribution is 0.0844. The van der Waals surface area contributed by atoms with E-state index in [0.717, 1.165) is 0 Å². The topological polar surface area (TPSA) is 27.7 Å². The van der Waals surface area contributed by atoms with E-state index in [-0.39, 0.29) is 0 Å². The van der Waals surface area contributed by atoms with E-state index < -0.39 is 8.80 Å². The van der Waals surface area contributed by atoms with Crippen molar-refractivity contribution in [1.29, 1.82) is 0 Å². The second kappa shape index (κ2) is 11.6. The average molecular weight is 294 g/mol. The van der Waals surface area contributed by atoms with Crippen LogP contribution in [0.4, 0.5) is 0 Å². The lowest BCUT2D eigenvalue weighted by Gasteiger charge is -2.24. The molecule has 0 heterocycles. The maximum atomic E-state index is 5.44. The Bertz CT molecular complexity index is 348. The summed E-state index contributed by atoms with van der Waals surface area (Å²) in [7, 11) is -2.51. The third-order valence-electron chi connectivity index (χ3n) is 2.32. The highest BCUT2D eigenvalue weighted by Crippen LogP contribution is 2.10. The van der Waals surface area contributed by atoms with Gasteiger partial charge in [-0.2, -0.15) is 0 Å². The summed E-state index contributed by atoms with van der Waals surface area (Å²) in [6.07, 6.45) is 1.83. The molecule has 0 bridgehead atoms. The first-order valence-electron chi connectivity index (χ1n) is 6.90. The summed E-state index contributed by atoms with van der Waals surface area (Å²) in [4.78, 5) is 0.